The van der Waals surface area contributed by atoms with Crippen LogP contribution in [-0.4, -0.2) is 12.1 Å². The highest BCUT2D eigenvalue weighted by Crippen LogP contribution is 2.32. The van der Waals surface area contributed by atoms with E-state index in [2.05, 4.69) is 11.9 Å². The first-order valence-electron chi connectivity index (χ1n) is 6.30. The first kappa shape index (κ1) is 14.2. The van der Waals surface area contributed by atoms with Crippen LogP contribution in [0.1, 0.15) is 18.9 Å². The largest absolute Gasteiger partial charge is 0.493 e. The molecule has 0 aliphatic carbocycles. The van der Waals surface area contributed by atoms with Crippen molar-refractivity contribution in [2.45, 2.75) is 19.8 Å². The van der Waals surface area contributed by atoms with Gasteiger partial charge >= 0.3 is 0 Å². The third kappa shape index (κ3) is 3.44. The van der Waals surface area contributed by atoms with Crippen LogP contribution in [0.25, 0.3) is 0 Å². The first-order valence-corrected chi connectivity index (χ1v) is 6.30. The molecule has 1 aromatic heterocycles. The highest BCUT2D eigenvalue weighted by Gasteiger charge is 2.09. The molecule has 1 aromatic carbocycles. The molecular formula is C15H15F2NO2. The number of nitrogens with zero attached hydrogens (tertiary/aromatic N) is 1. The van der Waals surface area contributed by atoms with E-state index in [1.165, 1.54) is 7.11 Å². The summed E-state index contributed by atoms with van der Waals surface area (Å²) in [7, 11) is 1.52. The zero-order valence-electron chi connectivity index (χ0n) is 11.3. The third-order valence-corrected chi connectivity index (χ3v) is 2.73. The number of hydrogen-bond acceptors (Lipinski definition) is 3. The molecule has 0 unspecified atom stereocenters. The van der Waals surface area contributed by atoms with E-state index in [9.17, 15) is 8.78 Å². The van der Waals surface area contributed by atoms with Gasteiger partial charge < -0.3 is 9.47 Å². The van der Waals surface area contributed by atoms with E-state index in [0.717, 1.165) is 30.5 Å². The van der Waals surface area contributed by atoms with Gasteiger partial charge in [-0.05, 0) is 24.1 Å². The molecule has 0 radical (unpaired) electrons. The average molecular weight is 279 g/mol. The monoisotopic (exact) mass is 279 g/mol. The lowest BCUT2D eigenvalue weighted by atomic mass is 10.1. The zero-order valence-corrected chi connectivity index (χ0v) is 11.3. The number of halogens is 2. The third-order valence-electron chi connectivity index (χ3n) is 2.73. The normalized spacial score (nSPS) is 10.4. The van der Waals surface area contributed by atoms with Gasteiger partial charge in [-0.15, -0.1) is 0 Å². The van der Waals surface area contributed by atoms with E-state index in [1.807, 2.05) is 12.1 Å². The van der Waals surface area contributed by atoms with Crippen LogP contribution in [0.3, 0.4) is 0 Å². The van der Waals surface area contributed by atoms with Gasteiger partial charge in [0.2, 0.25) is 11.9 Å². The lowest BCUT2D eigenvalue weighted by molar-refractivity contribution is 0.375. The topological polar surface area (TPSA) is 31.4 Å². The second kappa shape index (κ2) is 6.32. The predicted octanol–water partition coefficient (Wildman–Crippen LogP) is 4.11. The Kier molecular flexibility index (Phi) is 4.50. The second-order valence-corrected chi connectivity index (χ2v) is 4.29. The minimum Gasteiger partial charge on any atom is -0.493 e. The van der Waals surface area contributed by atoms with Crippen molar-refractivity contribution in [3.63, 3.8) is 0 Å². The van der Waals surface area contributed by atoms with E-state index >= 15 is 0 Å². The summed E-state index contributed by atoms with van der Waals surface area (Å²) in [5.41, 5.74) is 1.11. The molecule has 0 aliphatic rings. The van der Waals surface area contributed by atoms with Crippen molar-refractivity contribution in [3.8, 4) is 17.2 Å². The molecule has 2 rings (SSSR count). The Morgan fingerprint density at radius 2 is 1.75 bits per heavy atom. The van der Waals surface area contributed by atoms with Gasteiger partial charge in [-0.25, -0.2) is 0 Å². The Balaban J connectivity index is 2.28. The molecule has 5 heteroatoms. The Hall–Kier alpha value is -2.17. The minimum atomic E-state index is -0.929. The van der Waals surface area contributed by atoms with Crippen LogP contribution in [0.15, 0.2) is 30.3 Å². The van der Waals surface area contributed by atoms with Crippen LogP contribution in [0.5, 0.6) is 17.2 Å². The smallest absolute Gasteiger partial charge is 0.219 e. The Bertz CT molecular complexity index is 582. The molecule has 0 spiro atoms. The number of rotatable bonds is 5. The maximum absolute atomic E-state index is 13.0. The average Bonchev–Trinajstić information content (AvgIpc) is 2.39. The van der Waals surface area contributed by atoms with Crippen molar-refractivity contribution in [2.75, 3.05) is 7.11 Å². The van der Waals surface area contributed by atoms with Crippen LogP contribution < -0.4 is 9.47 Å². The summed E-state index contributed by atoms with van der Waals surface area (Å²) in [6.07, 6.45) is 1.94. The molecule has 0 bridgehead atoms. The van der Waals surface area contributed by atoms with E-state index in [4.69, 9.17) is 9.47 Å². The van der Waals surface area contributed by atoms with Gasteiger partial charge in [0.15, 0.2) is 11.5 Å². The molecule has 1 heterocycles. The Labute approximate surface area is 116 Å². The van der Waals surface area contributed by atoms with E-state index < -0.39 is 11.9 Å². The number of hydrogen-bond donors (Lipinski definition) is 0. The van der Waals surface area contributed by atoms with Crippen molar-refractivity contribution >= 4 is 0 Å². The standard InChI is InChI=1S/C15H15F2NO2/c1-3-4-10-5-6-12(13(7-10)19-2)20-11-8-14(16)18-15(17)9-11/h5-9H,3-4H2,1-2H3. The summed E-state index contributed by atoms with van der Waals surface area (Å²) < 4.78 is 36.7. The quantitative estimate of drug-likeness (QED) is 0.772. The van der Waals surface area contributed by atoms with Gasteiger partial charge in [0.25, 0.3) is 0 Å². The lowest BCUT2D eigenvalue weighted by Crippen LogP contribution is -1.95. The van der Waals surface area contributed by atoms with Crippen molar-refractivity contribution in [1.82, 2.24) is 4.98 Å². The molecule has 3 nitrogen and oxygen atoms in total. The fraction of sp³-hybridized carbons (Fsp3) is 0.267. The number of benzene rings is 1. The summed E-state index contributed by atoms with van der Waals surface area (Å²) in [6, 6.07) is 7.51. The molecular weight excluding hydrogens is 264 g/mol. The van der Waals surface area contributed by atoms with Crippen LogP contribution in [0.2, 0.25) is 0 Å². The molecule has 2 aromatic rings. The molecule has 20 heavy (non-hydrogen) atoms. The van der Waals surface area contributed by atoms with Gasteiger partial charge in [-0.2, -0.15) is 13.8 Å². The van der Waals surface area contributed by atoms with E-state index in [-0.39, 0.29) is 5.75 Å². The highest BCUT2D eigenvalue weighted by atomic mass is 19.1. The Morgan fingerprint density at radius 1 is 1.05 bits per heavy atom. The molecule has 0 saturated carbocycles. The summed E-state index contributed by atoms with van der Waals surface area (Å²) in [5, 5.41) is 0. The highest BCUT2D eigenvalue weighted by molar-refractivity contribution is 5.45. The van der Waals surface area contributed by atoms with Gasteiger partial charge in [0.05, 0.1) is 7.11 Å². The lowest BCUT2D eigenvalue weighted by Gasteiger charge is -2.11. The summed E-state index contributed by atoms with van der Waals surface area (Å²) in [5.74, 6) is -0.898. The number of aryl methyl sites for hydroxylation is 1. The summed E-state index contributed by atoms with van der Waals surface area (Å²) in [6.45, 7) is 2.08. The van der Waals surface area contributed by atoms with Crippen LogP contribution in [0.4, 0.5) is 8.78 Å². The first-order chi connectivity index (χ1) is 9.62. The molecule has 0 saturated heterocycles. The Morgan fingerprint density at radius 3 is 2.35 bits per heavy atom. The fourth-order valence-electron chi connectivity index (χ4n) is 1.87. The maximum Gasteiger partial charge on any atom is 0.219 e. The van der Waals surface area contributed by atoms with Gasteiger partial charge in [-0.3, -0.25) is 0 Å². The van der Waals surface area contributed by atoms with Crippen molar-refractivity contribution in [1.29, 1.82) is 0 Å². The molecule has 0 amide bonds. The zero-order chi connectivity index (χ0) is 14.5. The molecule has 0 aliphatic heterocycles. The van der Waals surface area contributed by atoms with Gasteiger partial charge in [-0.1, -0.05) is 19.4 Å². The minimum absolute atomic E-state index is 0.0385. The molecule has 0 N–H and O–H groups in total. The summed E-state index contributed by atoms with van der Waals surface area (Å²) >= 11 is 0. The predicted molar refractivity (Wildman–Crippen MR) is 71.2 cm³/mol. The molecule has 0 fully saturated rings. The summed E-state index contributed by atoms with van der Waals surface area (Å²) in [4.78, 5) is 3.01. The van der Waals surface area contributed by atoms with Crippen molar-refractivity contribution in [2.24, 2.45) is 0 Å². The van der Waals surface area contributed by atoms with Crippen molar-refractivity contribution < 1.29 is 18.3 Å². The maximum atomic E-state index is 13.0. The van der Waals surface area contributed by atoms with Crippen LogP contribution in [-0.2, 0) is 6.42 Å². The molecule has 106 valence electrons. The van der Waals surface area contributed by atoms with Crippen LogP contribution in [0, 0.1) is 11.9 Å². The number of pyridine rings is 1. The molecule has 0 atom stereocenters. The van der Waals surface area contributed by atoms with Crippen LogP contribution >= 0.6 is 0 Å². The van der Waals surface area contributed by atoms with E-state index in [1.54, 1.807) is 6.07 Å². The number of aromatic nitrogens is 1. The number of methoxy groups -OCH3 is 1. The van der Waals surface area contributed by atoms with Gasteiger partial charge in [0.1, 0.15) is 5.75 Å². The van der Waals surface area contributed by atoms with Crippen molar-refractivity contribution in [3.05, 3.63) is 47.8 Å². The fourth-order valence-corrected chi connectivity index (χ4v) is 1.87. The number of ether oxygens (including phenoxy) is 2. The van der Waals surface area contributed by atoms with E-state index in [0.29, 0.717) is 11.5 Å². The second-order valence-electron chi connectivity index (χ2n) is 4.29. The van der Waals surface area contributed by atoms with Gasteiger partial charge in [0, 0.05) is 12.1 Å². The SMILES string of the molecule is CCCc1ccc(Oc2cc(F)nc(F)c2)c(OC)c1.